The van der Waals surface area contributed by atoms with Gasteiger partial charge in [0.2, 0.25) is 11.8 Å². The molecule has 3 aromatic carbocycles. The fourth-order valence-corrected chi connectivity index (χ4v) is 6.01. The number of benzene rings is 3. The Morgan fingerprint density at radius 1 is 0.878 bits per heavy atom. The van der Waals surface area contributed by atoms with Gasteiger partial charge in [0.05, 0.1) is 13.7 Å². The van der Waals surface area contributed by atoms with E-state index in [1.54, 1.807) is 7.11 Å². The SMILES string of the molecule is COc1ccccc1CN1C(=O)C(CC(C)C)NC(=O)C12CCN(Cc1ccc(OCc3ccccc3)cc1)CC2. The molecule has 0 aromatic heterocycles. The van der Waals surface area contributed by atoms with Crippen LogP contribution in [0.25, 0.3) is 0 Å². The Morgan fingerprint density at radius 3 is 2.24 bits per heavy atom. The molecule has 2 heterocycles. The highest BCUT2D eigenvalue weighted by molar-refractivity contribution is 6.00. The highest BCUT2D eigenvalue weighted by Crippen LogP contribution is 2.36. The van der Waals surface area contributed by atoms with Crippen molar-refractivity contribution in [1.82, 2.24) is 15.1 Å². The van der Waals surface area contributed by atoms with Gasteiger partial charge in [-0.15, -0.1) is 0 Å². The average molecular weight is 556 g/mol. The number of rotatable bonds is 10. The first kappa shape index (κ1) is 28.7. The topological polar surface area (TPSA) is 71.1 Å². The van der Waals surface area contributed by atoms with Crippen molar-refractivity contribution in [2.75, 3.05) is 20.2 Å². The lowest BCUT2D eigenvalue weighted by atomic mass is 9.80. The van der Waals surface area contributed by atoms with E-state index in [1.165, 1.54) is 5.56 Å². The quantitative estimate of drug-likeness (QED) is 0.373. The van der Waals surface area contributed by atoms with Crippen molar-refractivity contribution in [1.29, 1.82) is 0 Å². The molecule has 0 bridgehead atoms. The number of methoxy groups -OCH3 is 1. The molecule has 41 heavy (non-hydrogen) atoms. The number of nitrogens with zero attached hydrogens (tertiary/aromatic N) is 2. The Kier molecular flexibility index (Phi) is 8.93. The van der Waals surface area contributed by atoms with Crippen molar-refractivity contribution in [3.8, 4) is 11.5 Å². The number of carbonyl (C=O) groups is 2. The fourth-order valence-electron chi connectivity index (χ4n) is 6.01. The molecule has 2 aliphatic heterocycles. The maximum absolute atomic E-state index is 13.9. The number of piperidine rings is 1. The van der Waals surface area contributed by atoms with Gasteiger partial charge >= 0.3 is 0 Å². The van der Waals surface area contributed by atoms with E-state index in [9.17, 15) is 9.59 Å². The molecule has 1 unspecified atom stereocenters. The molecule has 2 saturated heterocycles. The van der Waals surface area contributed by atoms with Crippen LogP contribution in [0.1, 0.15) is 49.8 Å². The minimum Gasteiger partial charge on any atom is -0.496 e. The summed E-state index contributed by atoms with van der Waals surface area (Å²) in [5, 5.41) is 3.10. The summed E-state index contributed by atoms with van der Waals surface area (Å²) >= 11 is 0. The maximum atomic E-state index is 13.9. The van der Waals surface area contributed by atoms with E-state index >= 15 is 0 Å². The smallest absolute Gasteiger partial charge is 0.246 e. The van der Waals surface area contributed by atoms with Crippen LogP contribution in [0.3, 0.4) is 0 Å². The summed E-state index contributed by atoms with van der Waals surface area (Å²) in [7, 11) is 1.64. The summed E-state index contributed by atoms with van der Waals surface area (Å²) in [5.41, 5.74) is 2.38. The van der Waals surface area contributed by atoms with Crippen molar-refractivity contribution in [2.45, 2.75) is 64.4 Å². The molecule has 1 atom stereocenters. The van der Waals surface area contributed by atoms with Gasteiger partial charge in [-0.25, -0.2) is 0 Å². The van der Waals surface area contributed by atoms with Gasteiger partial charge < -0.3 is 19.7 Å². The molecule has 5 rings (SSSR count). The molecule has 2 amide bonds. The lowest BCUT2D eigenvalue weighted by molar-refractivity contribution is -0.162. The number of hydrogen-bond acceptors (Lipinski definition) is 5. The first-order chi connectivity index (χ1) is 19.9. The zero-order valence-electron chi connectivity index (χ0n) is 24.3. The number of nitrogens with one attached hydrogen (secondary N) is 1. The Labute approximate surface area is 243 Å². The number of ether oxygens (including phenoxy) is 2. The van der Waals surface area contributed by atoms with Crippen LogP contribution in [0.2, 0.25) is 0 Å². The largest absolute Gasteiger partial charge is 0.496 e. The van der Waals surface area contributed by atoms with Gasteiger partial charge in [-0.3, -0.25) is 14.5 Å². The van der Waals surface area contributed by atoms with Crippen LogP contribution in [0.15, 0.2) is 78.9 Å². The Bertz CT molecular complexity index is 1320. The number of hydrogen-bond donors (Lipinski definition) is 1. The molecule has 2 fully saturated rings. The lowest BCUT2D eigenvalue weighted by Gasteiger charge is -2.52. The monoisotopic (exact) mass is 555 g/mol. The Morgan fingerprint density at radius 2 is 1.56 bits per heavy atom. The normalized spacial score (nSPS) is 18.9. The number of carbonyl (C=O) groups excluding carboxylic acids is 2. The van der Waals surface area contributed by atoms with Gasteiger partial charge in [0.25, 0.3) is 0 Å². The number of likely N-dealkylation sites (tertiary alicyclic amines) is 1. The van der Waals surface area contributed by atoms with Gasteiger partial charge in [0, 0.05) is 25.2 Å². The van der Waals surface area contributed by atoms with Gasteiger partial charge in [-0.1, -0.05) is 74.5 Å². The van der Waals surface area contributed by atoms with Gasteiger partial charge in [-0.2, -0.15) is 0 Å². The van der Waals surface area contributed by atoms with E-state index in [0.717, 1.165) is 42.3 Å². The predicted octanol–water partition coefficient (Wildman–Crippen LogP) is 5.18. The second-order valence-electron chi connectivity index (χ2n) is 11.6. The molecular formula is C34H41N3O4. The predicted molar refractivity (Wildman–Crippen MR) is 159 cm³/mol. The summed E-state index contributed by atoms with van der Waals surface area (Å²) < 4.78 is 11.5. The van der Waals surface area contributed by atoms with Crippen molar-refractivity contribution >= 4 is 11.8 Å². The van der Waals surface area contributed by atoms with Crippen LogP contribution < -0.4 is 14.8 Å². The summed E-state index contributed by atoms with van der Waals surface area (Å²) in [6.45, 7) is 7.29. The van der Waals surface area contributed by atoms with E-state index in [2.05, 4.69) is 48.3 Å². The zero-order chi connectivity index (χ0) is 28.8. The van der Waals surface area contributed by atoms with Crippen molar-refractivity contribution in [2.24, 2.45) is 5.92 Å². The second kappa shape index (κ2) is 12.8. The molecular weight excluding hydrogens is 514 g/mol. The molecule has 1 spiro atoms. The molecule has 216 valence electrons. The molecule has 7 heteroatoms. The first-order valence-corrected chi connectivity index (χ1v) is 14.6. The summed E-state index contributed by atoms with van der Waals surface area (Å²) in [6, 6.07) is 25.6. The van der Waals surface area contributed by atoms with Crippen LogP contribution in [-0.2, 0) is 29.3 Å². The van der Waals surface area contributed by atoms with E-state index in [-0.39, 0.29) is 11.8 Å². The van der Waals surface area contributed by atoms with Crippen molar-refractivity contribution in [3.05, 3.63) is 95.6 Å². The average Bonchev–Trinajstić information content (AvgIpc) is 2.99. The highest BCUT2D eigenvalue weighted by atomic mass is 16.5. The summed E-state index contributed by atoms with van der Waals surface area (Å²) in [5.74, 6) is 1.84. The Balaban J connectivity index is 1.26. The summed E-state index contributed by atoms with van der Waals surface area (Å²) in [4.78, 5) is 31.9. The molecule has 0 radical (unpaired) electrons. The molecule has 3 aromatic rings. The van der Waals surface area contributed by atoms with Crippen LogP contribution in [0, 0.1) is 5.92 Å². The fraction of sp³-hybridized carbons (Fsp3) is 0.412. The van der Waals surface area contributed by atoms with Gasteiger partial charge in [-0.05, 0) is 54.5 Å². The lowest BCUT2D eigenvalue weighted by Crippen LogP contribution is -2.72. The third kappa shape index (κ3) is 6.57. The van der Waals surface area contributed by atoms with E-state index < -0.39 is 11.6 Å². The third-order valence-electron chi connectivity index (χ3n) is 8.30. The molecule has 0 aliphatic carbocycles. The van der Waals surface area contributed by atoms with E-state index in [4.69, 9.17) is 9.47 Å². The minimum atomic E-state index is -0.864. The standard InChI is InChI=1S/C34H41N3O4/c1-25(2)21-30-32(38)37(23-28-11-7-8-12-31(28)40-3)34(33(39)35-30)17-19-36(20-18-34)22-26-13-15-29(16-14-26)41-24-27-9-5-4-6-10-27/h4-16,25,30H,17-24H2,1-3H3,(H,35,39). The van der Waals surface area contributed by atoms with Crippen molar-refractivity contribution < 1.29 is 19.1 Å². The van der Waals surface area contributed by atoms with Crippen LogP contribution in [-0.4, -0.2) is 53.4 Å². The van der Waals surface area contributed by atoms with Crippen LogP contribution >= 0.6 is 0 Å². The van der Waals surface area contributed by atoms with E-state index in [1.807, 2.05) is 59.5 Å². The molecule has 0 saturated carbocycles. The minimum absolute atomic E-state index is 0.00347. The third-order valence-corrected chi connectivity index (χ3v) is 8.30. The number of piperazine rings is 1. The highest BCUT2D eigenvalue weighted by Gasteiger charge is 2.53. The summed E-state index contributed by atoms with van der Waals surface area (Å²) in [6.07, 6.45) is 1.80. The number of amides is 2. The van der Waals surface area contributed by atoms with Gasteiger partial charge in [0.1, 0.15) is 29.7 Å². The molecule has 1 N–H and O–H groups in total. The maximum Gasteiger partial charge on any atom is 0.246 e. The first-order valence-electron chi connectivity index (χ1n) is 14.6. The van der Waals surface area contributed by atoms with Crippen LogP contribution in [0.4, 0.5) is 0 Å². The van der Waals surface area contributed by atoms with Crippen LogP contribution in [0.5, 0.6) is 11.5 Å². The van der Waals surface area contributed by atoms with E-state index in [0.29, 0.717) is 38.3 Å². The second-order valence-corrected chi connectivity index (χ2v) is 11.6. The van der Waals surface area contributed by atoms with Crippen molar-refractivity contribution in [3.63, 3.8) is 0 Å². The Hall–Kier alpha value is -3.84. The zero-order valence-corrected chi connectivity index (χ0v) is 24.3. The molecule has 2 aliphatic rings. The molecule has 7 nitrogen and oxygen atoms in total. The van der Waals surface area contributed by atoms with Gasteiger partial charge in [0.15, 0.2) is 0 Å². The number of para-hydroxylation sites is 1.